The number of ether oxygens (including phenoxy) is 1. The molecular weight excluding hydrogens is 234 g/mol. The third kappa shape index (κ3) is 2.14. The summed E-state index contributed by atoms with van der Waals surface area (Å²) in [5.74, 6) is 0.680. The van der Waals surface area contributed by atoms with E-state index >= 15 is 0 Å². The van der Waals surface area contributed by atoms with Gasteiger partial charge in [0.05, 0.1) is 7.11 Å². The molecular formula is C9H12BrNO2. The van der Waals surface area contributed by atoms with Crippen molar-refractivity contribution in [3.63, 3.8) is 0 Å². The van der Waals surface area contributed by atoms with Gasteiger partial charge in [0.25, 0.3) is 0 Å². The van der Waals surface area contributed by atoms with Crippen molar-refractivity contribution in [1.29, 1.82) is 0 Å². The Kier molecular flexibility index (Phi) is 3.57. The Morgan fingerprint density at radius 1 is 1.54 bits per heavy atom. The minimum absolute atomic E-state index is 0.186. The minimum Gasteiger partial charge on any atom is -0.504 e. The Balaban J connectivity index is 3.13. The van der Waals surface area contributed by atoms with Crippen LogP contribution < -0.4 is 10.1 Å². The molecule has 0 unspecified atom stereocenters. The van der Waals surface area contributed by atoms with E-state index in [1.807, 2.05) is 13.1 Å². The topological polar surface area (TPSA) is 41.5 Å². The van der Waals surface area contributed by atoms with Gasteiger partial charge in [0, 0.05) is 16.6 Å². The van der Waals surface area contributed by atoms with Gasteiger partial charge >= 0.3 is 0 Å². The van der Waals surface area contributed by atoms with Crippen LogP contribution >= 0.6 is 15.9 Å². The molecule has 0 atom stereocenters. The molecule has 0 heterocycles. The fourth-order valence-electron chi connectivity index (χ4n) is 1.10. The molecule has 3 nitrogen and oxygen atoms in total. The Morgan fingerprint density at radius 2 is 2.23 bits per heavy atom. The summed E-state index contributed by atoms with van der Waals surface area (Å²) in [6, 6.07) is 3.57. The summed E-state index contributed by atoms with van der Waals surface area (Å²) in [4.78, 5) is 0. The first-order valence-corrected chi connectivity index (χ1v) is 4.69. The standard InChI is InChI=1S/C9H12BrNO2/c1-11-5-6-7(10)3-4-8(13-2)9(6)12/h3-4,11-12H,5H2,1-2H3. The molecule has 0 saturated carbocycles. The highest BCUT2D eigenvalue weighted by atomic mass is 79.9. The molecule has 0 spiro atoms. The summed E-state index contributed by atoms with van der Waals surface area (Å²) >= 11 is 3.36. The quantitative estimate of drug-likeness (QED) is 0.855. The van der Waals surface area contributed by atoms with Gasteiger partial charge in [-0.2, -0.15) is 0 Å². The van der Waals surface area contributed by atoms with Gasteiger partial charge in [-0.05, 0) is 19.2 Å². The zero-order chi connectivity index (χ0) is 9.84. The van der Waals surface area contributed by atoms with E-state index in [0.29, 0.717) is 12.3 Å². The normalized spacial score (nSPS) is 10.1. The van der Waals surface area contributed by atoms with Gasteiger partial charge in [0.1, 0.15) is 0 Å². The Morgan fingerprint density at radius 3 is 2.77 bits per heavy atom. The molecule has 1 rings (SSSR count). The van der Waals surface area contributed by atoms with Crippen molar-refractivity contribution in [3.8, 4) is 11.5 Å². The Labute approximate surface area is 85.9 Å². The number of nitrogens with one attached hydrogen (secondary N) is 1. The number of halogens is 1. The average molecular weight is 246 g/mol. The number of aromatic hydroxyl groups is 1. The number of phenolic OH excluding ortho intramolecular Hbond substituents is 1. The van der Waals surface area contributed by atoms with Gasteiger partial charge in [-0.3, -0.25) is 0 Å². The molecule has 0 amide bonds. The first-order valence-electron chi connectivity index (χ1n) is 3.89. The van der Waals surface area contributed by atoms with E-state index in [1.54, 1.807) is 6.07 Å². The van der Waals surface area contributed by atoms with E-state index in [2.05, 4.69) is 21.2 Å². The predicted molar refractivity (Wildman–Crippen MR) is 55.1 cm³/mol. The molecule has 0 aromatic heterocycles. The maximum absolute atomic E-state index is 9.71. The van der Waals surface area contributed by atoms with E-state index < -0.39 is 0 Å². The largest absolute Gasteiger partial charge is 0.504 e. The van der Waals surface area contributed by atoms with Gasteiger partial charge in [-0.25, -0.2) is 0 Å². The van der Waals surface area contributed by atoms with E-state index in [4.69, 9.17) is 4.74 Å². The second kappa shape index (κ2) is 4.48. The molecule has 0 aliphatic rings. The summed E-state index contributed by atoms with van der Waals surface area (Å²) in [5, 5.41) is 12.7. The van der Waals surface area contributed by atoms with Gasteiger partial charge < -0.3 is 15.2 Å². The summed E-state index contributed by atoms with van der Waals surface area (Å²) < 4.78 is 5.86. The van der Waals surface area contributed by atoms with Gasteiger partial charge in [-0.1, -0.05) is 15.9 Å². The summed E-state index contributed by atoms with van der Waals surface area (Å²) in [6.07, 6.45) is 0. The van der Waals surface area contributed by atoms with Gasteiger partial charge in [0.15, 0.2) is 11.5 Å². The lowest BCUT2D eigenvalue weighted by Gasteiger charge is -2.10. The maximum Gasteiger partial charge on any atom is 0.163 e. The highest BCUT2D eigenvalue weighted by molar-refractivity contribution is 9.10. The Bertz CT molecular complexity index is 302. The van der Waals surface area contributed by atoms with Crippen LogP contribution in [0.4, 0.5) is 0 Å². The van der Waals surface area contributed by atoms with Crippen molar-refractivity contribution in [2.75, 3.05) is 14.2 Å². The highest BCUT2D eigenvalue weighted by Gasteiger charge is 2.10. The smallest absolute Gasteiger partial charge is 0.163 e. The molecule has 0 fully saturated rings. The van der Waals surface area contributed by atoms with Crippen molar-refractivity contribution in [1.82, 2.24) is 5.32 Å². The van der Waals surface area contributed by atoms with Gasteiger partial charge in [0.2, 0.25) is 0 Å². The summed E-state index contributed by atoms with van der Waals surface area (Å²) in [7, 11) is 3.36. The lowest BCUT2D eigenvalue weighted by molar-refractivity contribution is 0.369. The van der Waals surface area contributed by atoms with E-state index in [0.717, 1.165) is 10.0 Å². The zero-order valence-electron chi connectivity index (χ0n) is 7.60. The van der Waals surface area contributed by atoms with Crippen molar-refractivity contribution < 1.29 is 9.84 Å². The molecule has 0 saturated heterocycles. The van der Waals surface area contributed by atoms with Crippen LogP contribution in [0, 0.1) is 0 Å². The fourth-order valence-corrected chi connectivity index (χ4v) is 1.56. The SMILES string of the molecule is CNCc1c(Br)ccc(OC)c1O. The average Bonchev–Trinajstić information content (AvgIpc) is 2.12. The first kappa shape index (κ1) is 10.3. The molecule has 13 heavy (non-hydrogen) atoms. The third-order valence-electron chi connectivity index (χ3n) is 1.76. The van der Waals surface area contributed by atoms with Crippen molar-refractivity contribution >= 4 is 15.9 Å². The molecule has 0 radical (unpaired) electrons. The second-order valence-electron chi connectivity index (χ2n) is 2.61. The maximum atomic E-state index is 9.71. The number of methoxy groups -OCH3 is 1. The van der Waals surface area contributed by atoms with Crippen LogP contribution in [0.15, 0.2) is 16.6 Å². The van der Waals surface area contributed by atoms with Crippen LogP contribution in [-0.2, 0) is 6.54 Å². The minimum atomic E-state index is 0.186. The van der Waals surface area contributed by atoms with Crippen LogP contribution in [0.5, 0.6) is 11.5 Å². The highest BCUT2D eigenvalue weighted by Crippen LogP contribution is 2.34. The van der Waals surface area contributed by atoms with Crippen molar-refractivity contribution in [2.24, 2.45) is 0 Å². The first-order chi connectivity index (χ1) is 6.20. The zero-order valence-corrected chi connectivity index (χ0v) is 9.18. The van der Waals surface area contributed by atoms with Crippen LogP contribution in [0.25, 0.3) is 0 Å². The van der Waals surface area contributed by atoms with Crippen LogP contribution in [-0.4, -0.2) is 19.3 Å². The lowest BCUT2D eigenvalue weighted by Crippen LogP contribution is -2.06. The van der Waals surface area contributed by atoms with Crippen molar-refractivity contribution in [2.45, 2.75) is 6.54 Å². The van der Waals surface area contributed by atoms with Crippen LogP contribution in [0.2, 0.25) is 0 Å². The number of rotatable bonds is 3. The van der Waals surface area contributed by atoms with E-state index in [9.17, 15) is 5.11 Å². The monoisotopic (exact) mass is 245 g/mol. The number of hydrogen-bond acceptors (Lipinski definition) is 3. The fraction of sp³-hybridized carbons (Fsp3) is 0.333. The number of hydrogen-bond donors (Lipinski definition) is 2. The van der Waals surface area contributed by atoms with Crippen LogP contribution in [0.3, 0.4) is 0 Å². The second-order valence-corrected chi connectivity index (χ2v) is 3.46. The van der Waals surface area contributed by atoms with Gasteiger partial charge in [-0.15, -0.1) is 0 Å². The molecule has 0 aliphatic carbocycles. The summed E-state index contributed by atoms with van der Waals surface area (Å²) in [5.41, 5.74) is 0.807. The molecule has 1 aromatic rings. The van der Waals surface area contributed by atoms with E-state index in [1.165, 1.54) is 7.11 Å². The summed E-state index contributed by atoms with van der Waals surface area (Å²) in [6.45, 7) is 0.601. The third-order valence-corrected chi connectivity index (χ3v) is 2.50. The van der Waals surface area contributed by atoms with Crippen LogP contribution in [0.1, 0.15) is 5.56 Å². The molecule has 0 aliphatic heterocycles. The molecule has 0 bridgehead atoms. The number of phenols is 1. The molecule has 4 heteroatoms. The van der Waals surface area contributed by atoms with Crippen molar-refractivity contribution in [3.05, 3.63) is 22.2 Å². The molecule has 2 N–H and O–H groups in total. The van der Waals surface area contributed by atoms with E-state index in [-0.39, 0.29) is 5.75 Å². The predicted octanol–water partition coefficient (Wildman–Crippen LogP) is 1.88. The molecule has 1 aromatic carbocycles. The lowest BCUT2D eigenvalue weighted by atomic mass is 10.2. The number of benzene rings is 1. The Hall–Kier alpha value is -0.740. The molecule has 72 valence electrons.